The number of carbonyl (C=O) groups is 2. The fourth-order valence-corrected chi connectivity index (χ4v) is 3.42. The molecule has 7 heteroatoms. The molecule has 2 amide bonds. The molecule has 160 valence electrons. The van der Waals surface area contributed by atoms with E-state index in [0.717, 1.165) is 17.7 Å². The van der Waals surface area contributed by atoms with Gasteiger partial charge in [-0.15, -0.1) is 0 Å². The van der Waals surface area contributed by atoms with Crippen molar-refractivity contribution in [3.63, 3.8) is 0 Å². The molecule has 0 saturated heterocycles. The predicted octanol–water partition coefficient (Wildman–Crippen LogP) is 3.76. The number of rotatable bonds is 9. The highest BCUT2D eigenvalue weighted by Crippen LogP contribution is 2.41. The van der Waals surface area contributed by atoms with Crippen LogP contribution < -0.4 is 20.1 Å². The first-order chi connectivity index (χ1) is 14.3. The summed E-state index contributed by atoms with van der Waals surface area (Å²) in [4.78, 5) is 23.9. The van der Waals surface area contributed by atoms with Crippen LogP contribution in [0.2, 0.25) is 5.02 Å². The van der Waals surface area contributed by atoms with Crippen LogP contribution in [0, 0.1) is 0 Å². The van der Waals surface area contributed by atoms with E-state index in [0.29, 0.717) is 48.9 Å². The summed E-state index contributed by atoms with van der Waals surface area (Å²) in [6.45, 7) is 5.29. The van der Waals surface area contributed by atoms with E-state index >= 15 is 0 Å². The van der Waals surface area contributed by atoms with Crippen molar-refractivity contribution in [2.45, 2.75) is 38.7 Å². The van der Waals surface area contributed by atoms with Crippen molar-refractivity contribution in [1.82, 2.24) is 10.6 Å². The van der Waals surface area contributed by atoms with E-state index < -0.39 is 0 Å². The molecule has 2 N–H and O–H groups in total. The molecule has 0 radical (unpaired) electrons. The molecule has 0 fully saturated rings. The summed E-state index contributed by atoms with van der Waals surface area (Å²) in [6, 6.07) is 12.5. The number of amides is 2. The smallest absolute Gasteiger partial charge is 0.251 e. The minimum atomic E-state index is -0.223. The number of halogens is 1. The Morgan fingerprint density at radius 2 is 1.87 bits per heavy atom. The Bertz CT molecular complexity index is 897. The van der Waals surface area contributed by atoms with Crippen molar-refractivity contribution in [3.8, 4) is 11.5 Å². The summed E-state index contributed by atoms with van der Waals surface area (Å²) in [5.41, 5.74) is 1.46. The first-order valence-corrected chi connectivity index (χ1v) is 10.5. The number of hydrogen-bond acceptors (Lipinski definition) is 4. The highest BCUT2D eigenvalue weighted by atomic mass is 35.5. The summed E-state index contributed by atoms with van der Waals surface area (Å²) < 4.78 is 11.8. The van der Waals surface area contributed by atoms with Gasteiger partial charge in [-0.1, -0.05) is 23.7 Å². The third kappa shape index (κ3) is 6.13. The highest BCUT2D eigenvalue weighted by Gasteiger charge is 2.32. The van der Waals surface area contributed by atoms with Gasteiger partial charge in [-0.05, 0) is 50.6 Å². The van der Waals surface area contributed by atoms with E-state index in [2.05, 4.69) is 24.5 Å². The van der Waals surface area contributed by atoms with Gasteiger partial charge in [0.05, 0.1) is 6.54 Å². The minimum absolute atomic E-state index is 0.0741. The molecule has 0 aromatic heterocycles. The molecule has 0 atom stereocenters. The van der Waals surface area contributed by atoms with Gasteiger partial charge in [-0.25, -0.2) is 0 Å². The van der Waals surface area contributed by atoms with E-state index in [-0.39, 0.29) is 17.4 Å². The molecular formula is C23H27ClN2O4. The Kier molecular flexibility index (Phi) is 7.21. The first-order valence-electron chi connectivity index (χ1n) is 10.1. The number of carbonyl (C=O) groups excluding carboxylic acids is 2. The van der Waals surface area contributed by atoms with Crippen LogP contribution in [0.5, 0.6) is 11.5 Å². The highest BCUT2D eigenvalue weighted by molar-refractivity contribution is 6.30. The SMILES string of the molecule is CC1(C)Cc2cccc(OCCNC(=O)CCCNC(=O)c3ccc(Cl)cc3)c2O1. The second-order valence-corrected chi connectivity index (χ2v) is 8.28. The van der Waals surface area contributed by atoms with Gasteiger partial charge in [0, 0.05) is 35.5 Å². The lowest BCUT2D eigenvalue weighted by molar-refractivity contribution is -0.121. The predicted molar refractivity (Wildman–Crippen MR) is 116 cm³/mol. The molecule has 2 aromatic carbocycles. The van der Waals surface area contributed by atoms with Crippen molar-refractivity contribution >= 4 is 23.4 Å². The van der Waals surface area contributed by atoms with Gasteiger partial charge in [0.25, 0.3) is 5.91 Å². The van der Waals surface area contributed by atoms with Crippen LogP contribution in [0.1, 0.15) is 42.6 Å². The van der Waals surface area contributed by atoms with Crippen molar-refractivity contribution in [3.05, 3.63) is 58.6 Å². The average molecular weight is 431 g/mol. The summed E-state index contributed by atoms with van der Waals surface area (Å²) in [7, 11) is 0. The molecule has 2 aromatic rings. The van der Waals surface area contributed by atoms with Gasteiger partial charge in [0.15, 0.2) is 11.5 Å². The zero-order valence-corrected chi connectivity index (χ0v) is 18.1. The molecule has 0 saturated carbocycles. The van der Waals surface area contributed by atoms with Gasteiger partial charge >= 0.3 is 0 Å². The van der Waals surface area contributed by atoms with E-state index in [1.54, 1.807) is 24.3 Å². The van der Waals surface area contributed by atoms with Crippen molar-refractivity contribution in [2.75, 3.05) is 19.7 Å². The molecule has 0 aliphatic carbocycles. The normalized spacial score (nSPS) is 13.8. The van der Waals surface area contributed by atoms with Crippen molar-refractivity contribution in [2.24, 2.45) is 0 Å². The van der Waals surface area contributed by atoms with Gasteiger partial charge in [-0.3, -0.25) is 9.59 Å². The fourth-order valence-electron chi connectivity index (χ4n) is 3.30. The second kappa shape index (κ2) is 9.85. The maximum absolute atomic E-state index is 12.0. The van der Waals surface area contributed by atoms with Gasteiger partial charge < -0.3 is 20.1 Å². The Morgan fingerprint density at radius 1 is 1.10 bits per heavy atom. The van der Waals surface area contributed by atoms with Gasteiger partial charge in [0.1, 0.15) is 12.2 Å². The van der Waals surface area contributed by atoms with E-state index in [1.807, 2.05) is 18.2 Å². The maximum Gasteiger partial charge on any atom is 0.251 e. The Balaban J connectivity index is 1.30. The number of para-hydroxylation sites is 1. The molecule has 0 unspecified atom stereocenters. The van der Waals surface area contributed by atoms with Gasteiger partial charge in [-0.2, -0.15) is 0 Å². The topological polar surface area (TPSA) is 76.7 Å². The lowest BCUT2D eigenvalue weighted by Gasteiger charge is -2.18. The summed E-state index contributed by atoms with van der Waals surface area (Å²) in [5, 5.41) is 6.21. The molecule has 0 spiro atoms. The van der Waals surface area contributed by atoms with Crippen LogP contribution in [-0.4, -0.2) is 37.1 Å². The standard InChI is InChI=1S/C23H27ClN2O4/c1-23(2)15-17-5-3-6-19(21(17)30-23)29-14-13-25-20(27)7-4-12-26-22(28)16-8-10-18(24)11-9-16/h3,5-6,8-11H,4,7,12-15H2,1-2H3,(H,25,27)(H,26,28). The molecule has 1 aliphatic heterocycles. The van der Waals surface area contributed by atoms with Crippen LogP contribution in [0.15, 0.2) is 42.5 Å². The van der Waals surface area contributed by atoms with Crippen LogP contribution in [-0.2, 0) is 11.2 Å². The quantitative estimate of drug-likeness (QED) is 0.594. The number of hydrogen-bond donors (Lipinski definition) is 2. The molecule has 1 aliphatic rings. The monoisotopic (exact) mass is 430 g/mol. The van der Waals surface area contributed by atoms with E-state index in [1.165, 1.54) is 0 Å². The molecular weight excluding hydrogens is 404 g/mol. The molecule has 6 nitrogen and oxygen atoms in total. The first kappa shape index (κ1) is 22.0. The van der Waals surface area contributed by atoms with Crippen molar-refractivity contribution < 1.29 is 19.1 Å². The van der Waals surface area contributed by atoms with Crippen LogP contribution in [0.25, 0.3) is 0 Å². The van der Waals surface area contributed by atoms with E-state index in [9.17, 15) is 9.59 Å². The second-order valence-electron chi connectivity index (χ2n) is 7.85. The zero-order valence-electron chi connectivity index (χ0n) is 17.3. The number of nitrogens with one attached hydrogen (secondary N) is 2. The van der Waals surface area contributed by atoms with Crippen molar-refractivity contribution in [1.29, 1.82) is 0 Å². The summed E-state index contributed by atoms with van der Waals surface area (Å²) >= 11 is 5.81. The maximum atomic E-state index is 12.0. The zero-order chi connectivity index (χ0) is 21.6. The molecule has 3 rings (SSSR count). The van der Waals surface area contributed by atoms with Crippen LogP contribution >= 0.6 is 11.6 Å². The third-order valence-electron chi connectivity index (χ3n) is 4.71. The number of benzene rings is 2. The fraction of sp³-hybridized carbons (Fsp3) is 0.391. The number of ether oxygens (including phenoxy) is 2. The third-order valence-corrected chi connectivity index (χ3v) is 4.96. The summed E-state index contributed by atoms with van der Waals surface area (Å²) in [6.07, 6.45) is 1.74. The summed E-state index contributed by atoms with van der Waals surface area (Å²) in [5.74, 6) is 1.25. The average Bonchev–Trinajstić information content (AvgIpc) is 3.03. The molecule has 30 heavy (non-hydrogen) atoms. The minimum Gasteiger partial charge on any atom is -0.488 e. The lowest BCUT2D eigenvalue weighted by atomic mass is 10.0. The molecule has 1 heterocycles. The lowest BCUT2D eigenvalue weighted by Crippen LogP contribution is -2.30. The van der Waals surface area contributed by atoms with Gasteiger partial charge in [0.2, 0.25) is 5.91 Å². The van der Waals surface area contributed by atoms with Crippen LogP contribution in [0.3, 0.4) is 0 Å². The number of fused-ring (bicyclic) bond motifs is 1. The Labute approximate surface area is 181 Å². The largest absolute Gasteiger partial charge is 0.488 e. The van der Waals surface area contributed by atoms with Crippen LogP contribution in [0.4, 0.5) is 0 Å². The molecule has 0 bridgehead atoms. The Morgan fingerprint density at radius 3 is 2.63 bits per heavy atom. The Hall–Kier alpha value is -2.73. The van der Waals surface area contributed by atoms with E-state index in [4.69, 9.17) is 21.1 Å².